The van der Waals surface area contributed by atoms with Gasteiger partial charge >= 0.3 is 5.69 Å². The molecule has 27 heavy (non-hydrogen) atoms. The number of carbonyl (C=O) groups excluding carboxylic acids is 1. The van der Waals surface area contributed by atoms with Gasteiger partial charge in [0, 0.05) is 62.9 Å². The topological polar surface area (TPSA) is 110 Å². The van der Waals surface area contributed by atoms with Gasteiger partial charge in [0.1, 0.15) is 11.9 Å². The molecule has 0 aromatic carbocycles. The first-order chi connectivity index (χ1) is 12.9. The molecule has 1 amide bonds. The van der Waals surface area contributed by atoms with Crippen LogP contribution in [0, 0.1) is 13.8 Å². The van der Waals surface area contributed by atoms with E-state index < -0.39 is 11.2 Å². The Morgan fingerprint density at radius 1 is 1.26 bits per heavy atom. The first kappa shape index (κ1) is 18.8. The standard InChI is InChI=1S/C18H23N5O4/c1-12-11-16(20-13(2)19-12)27-14-3-7-22(8-4-14)17(25)6-10-23-9-5-15(24)21-18(23)26/h5,9,11,14H,3-4,6-8,10H2,1-2H3,(H,21,24,26). The summed E-state index contributed by atoms with van der Waals surface area (Å²) in [6.45, 7) is 5.18. The fraction of sp³-hybridized carbons (Fsp3) is 0.500. The molecule has 0 atom stereocenters. The Hall–Kier alpha value is -2.97. The van der Waals surface area contributed by atoms with Crippen LogP contribution >= 0.6 is 0 Å². The van der Waals surface area contributed by atoms with Crippen molar-refractivity contribution in [3.05, 3.63) is 50.7 Å². The lowest BCUT2D eigenvalue weighted by atomic mass is 10.1. The highest BCUT2D eigenvalue weighted by Crippen LogP contribution is 2.18. The van der Waals surface area contributed by atoms with Gasteiger partial charge in [-0.2, -0.15) is 4.98 Å². The van der Waals surface area contributed by atoms with Gasteiger partial charge in [0.2, 0.25) is 11.8 Å². The third-order valence-electron chi connectivity index (χ3n) is 4.49. The fourth-order valence-electron chi connectivity index (χ4n) is 3.13. The van der Waals surface area contributed by atoms with E-state index in [9.17, 15) is 14.4 Å². The van der Waals surface area contributed by atoms with Crippen molar-refractivity contribution in [3.63, 3.8) is 0 Å². The zero-order valence-corrected chi connectivity index (χ0v) is 15.5. The summed E-state index contributed by atoms with van der Waals surface area (Å²) in [5.74, 6) is 1.23. The Kier molecular flexibility index (Phi) is 5.68. The van der Waals surface area contributed by atoms with E-state index in [-0.39, 0.29) is 25.0 Å². The highest BCUT2D eigenvalue weighted by molar-refractivity contribution is 5.76. The van der Waals surface area contributed by atoms with Gasteiger partial charge in [0.15, 0.2) is 0 Å². The van der Waals surface area contributed by atoms with Gasteiger partial charge in [-0.25, -0.2) is 9.78 Å². The monoisotopic (exact) mass is 373 g/mol. The first-order valence-electron chi connectivity index (χ1n) is 8.97. The Labute approximate surface area is 156 Å². The number of carbonyl (C=O) groups is 1. The van der Waals surface area contributed by atoms with Crippen LogP contribution in [0.4, 0.5) is 0 Å². The molecule has 0 radical (unpaired) electrons. The molecule has 1 saturated heterocycles. The van der Waals surface area contributed by atoms with Gasteiger partial charge in [0.05, 0.1) is 0 Å². The van der Waals surface area contributed by atoms with Gasteiger partial charge in [0.25, 0.3) is 5.56 Å². The van der Waals surface area contributed by atoms with Crippen LogP contribution < -0.4 is 16.0 Å². The number of likely N-dealkylation sites (tertiary alicyclic amines) is 1. The number of ether oxygens (including phenoxy) is 1. The van der Waals surface area contributed by atoms with E-state index in [4.69, 9.17) is 4.74 Å². The number of piperidine rings is 1. The third-order valence-corrected chi connectivity index (χ3v) is 4.49. The molecule has 0 aliphatic carbocycles. The maximum absolute atomic E-state index is 12.4. The van der Waals surface area contributed by atoms with Crippen LogP contribution in [0.15, 0.2) is 27.9 Å². The molecule has 1 fully saturated rings. The van der Waals surface area contributed by atoms with Crippen LogP contribution in [0.2, 0.25) is 0 Å². The maximum Gasteiger partial charge on any atom is 0.328 e. The molecule has 9 heteroatoms. The van der Waals surface area contributed by atoms with E-state index in [0.717, 1.165) is 18.5 Å². The number of hydrogen-bond acceptors (Lipinski definition) is 6. The number of aromatic amines is 1. The number of aromatic nitrogens is 4. The summed E-state index contributed by atoms with van der Waals surface area (Å²) in [5, 5.41) is 0. The summed E-state index contributed by atoms with van der Waals surface area (Å²) in [7, 11) is 0. The average Bonchev–Trinajstić information content (AvgIpc) is 2.60. The van der Waals surface area contributed by atoms with Gasteiger partial charge < -0.3 is 14.2 Å². The van der Waals surface area contributed by atoms with E-state index in [1.54, 1.807) is 4.90 Å². The van der Waals surface area contributed by atoms with Crippen LogP contribution in [-0.2, 0) is 11.3 Å². The number of nitrogens with zero attached hydrogens (tertiary/aromatic N) is 4. The van der Waals surface area contributed by atoms with Crippen molar-refractivity contribution in [2.45, 2.75) is 45.8 Å². The van der Waals surface area contributed by atoms with Crippen LogP contribution in [-0.4, -0.2) is 49.5 Å². The van der Waals surface area contributed by atoms with Crippen molar-refractivity contribution in [1.29, 1.82) is 0 Å². The van der Waals surface area contributed by atoms with Crippen molar-refractivity contribution in [1.82, 2.24) is 24.4 Å². The molecular formula is C18H23N5O4. The quantitative estimate of drug-likeness (QED) is 0.812. The molecular weight excluding hydrogens is 350 g/mol. The molecule has 1 aliphatic heterocycles. The van der Waals surface area contributed by atoms with E-state index in [0.29, 0.717) is 24.8 Å². The molecule has 0 saturated carbocycles. The van der Waals surface area contributed by atoms with Crippen molar-refractivity contribution in [2.75, 3.05) is 13.1 Å². The minimum Gasteiger partial charge on any atom is -0.474 e. The summed E-state index contributed by atoms with van der Waals surface area (Å²) in [4.78, 5) is 47.6. The zero-order valence-electron chi connectivity index (χ0n) is 15.5. The molecule has 1 aliphatic rings. The highest BCUT2D eigenvalue weighted by Gasteiger charge is 2.24. The van der Waals surface area contributed by atoms with Crippen molar-refractivity contribution < 1.29 is 9.53 Å². The maximum atomic E-state index is 12.4. The second kappa shape index (κ2) is 8.15. The summed E-state index contributed by atoms with van der Waals surface area (Å²) >= 11 is 0. The number of amides is 1. The number of H-pyrrole nitrogens is 1. The molecule has 0 unspecified atom stereocenters. The lowest BCUT2D eigenvalue weighted by Crippen LogP contribution is -2.42. The van der Waals surface area contributed by atoms with Crippen LogP contribution in [0.5, 0.6) is 5.88 Å². The molecule has 9 nitrogen and oxygen atoms in total. The Balaban J connectivity index is 1.48. The Morgan fingerprint density at radius 2 is 2.00 bits per heavy atom. The third kappa shape index (κ3) is 5.02. The lowest BCUT2D eigenvalue weighted by molar-refractivity contribution is -0.133. The van der Waals surface area contributed by atoms with Gasteiger partial charge in [-0.05, 0) is 13.8 Å². The van der Waals surface area contributed by atoms with Crippen LogP contribution in [0.1, 0.15) is 30.8 Å². The zero-order chi connectivity index (χ0) is 19.4. The molecule has 2 aromatic rings. The number of nitrogens with one attached hydrogen (secondary N) is 1. The van der Waals surface area contributed by atoms with Gasteiger partial charge in [-0.3, -0.25) is 14.6 Å². The second-order valence-corrected chi connectivity index (χ2v) is 6.65. The minimum atomic E-state index is -0.502. The van der Waals surface area contributed by atoms with Crippen molar-refractivity contribution in [3.8, 4) is 5.88 Å². The predicted molar refractivity (Wildman–Crippen MR) is 97.7 cm³/mol. The van der Waals surface area contributed by atoms with Crippen molar-refractivity contribution >= 4 is 5.91 Å². The summed E-state index contributed by atoms with van der Waals surface area (Å²) in [5.41, 5.74) is -0.0841. The highest BCUT2D eigenvalue weighted by atomic mass is 16.5. The van der Waals surface area contributed by atoms with Crippen LogP contribution in [0.3, 0.4) is 0 Å². The van der Waals surface area contributed by atoms with Gasteiger partial charge in [-0.1, -0.05) is 0 Å². The largest absolute Gasteiger partial charge is 0.474 e. The Morgan fingerprint density at radius 3 is 2.67 bits per heavy atom. The summed E-state index contributed by atoms with van der Waals surface area (Å²) < 4.78 is 7.26. The molecule has 3 rings (SSSR count). The van der Waals surface area contributed by atoms with E-state index in [1.807, 2.05) is 19.9 Å². The smallest absolute Gasteiger partial charge is 0.328 e. The molecule has 3 heterocycles. The second-order valence-electron chi connectivity index (χ2n) is 6.65. The normalized spacial score (nSPS) is 15.0. The molecule has 2 aromatic heterocycles. The number of hydrogen-bond donors (Lipinski definition) is 1. The SMILES string of the molecule is Cc1cc(OC2CCN(C(=O)CCn3ccc(=O)[nH]c3=O)CC2)nc(C)n1. The molecule has 0 spiro atoms. The fourth-order valence-corrected chi connectivity index (χ4v) is 3.13. The number of rotatable bonds is 5. The predicted octanol–water partition coefficient (Wildman–Crippen LogP) is 0.404. The average molecular weight is 373 g/mol. The molecule has 0 bridgehead atoms. The lowest BCUT2D eigenvalue weighted by Gasteiger charge is -2.32. The van der Waals surface area contributed by atoms with E-state index >= 15 is 0 Å². The first-order valence-corrected chi connectivity index (χ1v) is 8.97. The summed E-state index contributed by atoms with van der Waals surface area (Å²) in [6.07, 6.45) is 3.09. The van der Waals surface area contributed by atoms with E-state index in [1.165, 1.54) is 16.8 Å². The van der Waals surface area contributed by atoms with Crippen molar-refractivity contribution in [2.24, 2.45) is 0 Å². The van der Waals surface area contributed by atoms with E-state index in [2.05, 4.69) is 15.0 Å². The van der Waals surface area contributed by atoms with Crippen LogP contribution in [0.25, 0.3) is 0 Å². The molecule has 1 N–H and O–H groups in total. The molecule has 144 valence electrons. The summed E-state index contributed by atoms with van der Waals surface area (Å²) in [6, 6.07) is 3.08. The Bertz CT molecular complexity index is 908. The van der Waals surface area contributed by atoms with Gasteiger partial charge in [-0.15, -0.1) is 0 Å². The minimum absolute atomic E-state index is 0.0136. The number of aryl methyl sites for hydroxylation is 3.